The van der Waals surface area contributed by atoms with Crippen molar-refractivity contribution < 1.29 is 9.15 Å². The minimum atomic E-state index is 0.794. The average Bonchev–Trinajstić information content (AvgIpc) is 3.21. The molecule has 3 nitrogen and oxygen atoms in total. The molecule has 0 radical (unpaired) electrons. The fraction of sp³-hybridized carbons (Fsp3) is 0.222. The smallest absolute Gasteiger partial charge is 0.119 e. The normalized spacial score (nSPS) is 11.0. The molecule has 0 fully saturated rings. The van der Waals surface area contributed by atoms with E-state index in [1.54, 1.807) is 24.7 Å². The molecule has 0 saturated carbocycles. The second-order valence-corrected chi connectivity index (χ2v) is 6.19. The van der Waals surface area contributed by atoms with E-state index in [9.17, 15) is 0 Å². The lowest BCUT2D eigenvalue weighted by atomic mass is 10.2. The summed E-state index contributed by atoms with van der Waals surface area (Å²) >= 11 is 1.79. The Bertz CT molecular complexity index is 641. The first-order chi connectivity index (χ1) is 10.8. The summed E-state index contributed by atoms with van der Waals surface area (Å²) in [5, 5.41) is 2.12. The van der Waals surface area contributed by atoms with E-state index < -0.39 is 0 Å². The van der Waals surface area contributed by atoms with Crippen molar-refractivity contribution in [2.45, 2.75) is 19.6 Å². The van der Waals surface area contributed by atoms with E-state index in [-0.39, 0.29) is 0 Å². The van der Waals surface area contributed by atoms with Crippen LogP contribution in [0.2, 0.25) is 0 Å². The molecule has 0 spiro atoms. The van der Waals surface area contributed by atoms with Crippen molar-refractivity contribution in [1.29, 1.82) is 0 Å². The summed E-state index contributed by atoms with van der Waals surface area (Å²) in [6.45, 7) is 2.56. The zero-order valence-electron chi connectivity index (χ0n) is 12.6. The maximum absolute atomic E-state index is 5.50. The Balaban J connectivity index is 1.74. The van der Waals surface area contributed by atoms with Crippen LogP contribution in [0.15, 0.2) is 64.6 Å². The number of hydrogen-bond acceptors (Lipinski definition) is 4. The van der Waals surface area contributed by atoms with E-state index in [1.807, 2.05) is 24.3 Å². The number of thiophene rings is 1. The second kappa shape index (κ2) is 7.29. The molecule has 1 aromatic carbocycles. The van der Waals surface area contributed by atoms with Crippen LogP contribution in [-0.4, -0.2) is 12.0 Å². The Morgan fingerprint density at radius 3 is 2.73 bits per heavy atom. The Hall–Kier alpha value is -2.04. The van der Waals surface area contributed by atoms with Gasteiger partial charge in [-0.25, -0.2) is 0 Å². The van der Waals surface area contributed by atoms with Crippen molar-refractivity contribution in [3.05, 3.63) is 76.4 Å². The Labute approximate surface area is 134 Å². The van der Waals surface area contributed by atoms with Crippen molar-refractivity contribution in [1.82, 2.24) is 4.90 Å². The lowest BCUT2D eigenvalue weighted by Crippen LogP contribution is -2.21. The number of furan rings is 1. The number of ether oxygens (including phenoxy) is 1. The van der Waals surface area contributed by atoms with Gasteiger partial charge in [-0.3, -0.25) is 4.90 Å². The first kappa shape index (κ1) is 14.9. The number of nitrogens with zero attached hydrogens (tertiary/aromatic N) is 1. The molecule has 22 heavy (non-hydrogen) atoms. The van der Waals surface area contributed by atoms with Gasteiger partial charge in [-0.2, -0.15) is 0 Å². The quantitative estimate of drug-likeness (QED) is 0.640. The molecule has 0 aliphatic carbocycles. The maximum atomic E-state index is 5.50. The Kier molecular flexibility index (Phi) is 4.93. The van der Waals surface area contributed by atoms with Gasteiger partial charge in [-0.1, -0.05) is 18.2 Å². The molecule has 0 bridgehead atoms. The summed E-state index contributed by atoms with van der Waals surface area (Å²) in [6, 6.07) is 16.4. The standard InChI is InChI=1S/C18H19NO2S/c1-20-16-6-2-5-15(11-16)12-19(13-17-7-3-9-21-17)14-18-8-4-10-22-18/h2-11H,12-14H2,1H3. The largest absolute Gasteiger partial charge is 0.497 e. The summed E-state index contributed by atoms with van der Waals surface area (Å²) in [6.07, 6.45) is 1.73. The van der Waals surface area contributed by atoms with Crippen LogP contribution in [0.4, 0.5) is 0 Å². The maximum Gasteiger partial charge on any atom is 0.119 e. The minimum Gasteiger partial charge on any atom is -0.497 e. The van der Waals surface area contributed by atoms with Crippen LogP contribution in [0, 0.1) is 0 Å². The van der Waals surface area contributed by atoms with Gasteiger partial charge in [-0.15, -0.1) is 11.3 Å². The zero-order valence-corrected chi connectivity index (χ0v) is 13.4. The van der Waals surface area contributed by atoms with E-state index >= 15 is 0 Å². The van der Waals surface area contributed by atoms with E-state index in [4.69, 9.17) is 9.15 Å². The summed E-state index contributed by atoms with van der Waals surface area (Å²) < 4.78 is 10.8. The van der Waals surface area contributed by atoms with E-state index in [0.29, 0.717) is 0 Å². The molecular formula is C18H19NO2S. The third-order valence-electron chi connectivity index (χ3n) is 3.46. The highest BCUT2D eigenvalue weighted by molar-refractivity contribution is 7.09. The van der Waals surface area contributed by atoms with Gasteiger partial charge in [-0.05, 0) is 41.3 Å². The highest BCUT2D eigenvalue weighted by atomic mass is 32.1. The summed E-state index contributed by atoms with van der Waals surface area (Å²) in [5.74, 6) is 1.88. The van der Waals surface area contributed by atoms with E-state index in [1.165, 1.54) is 10.4 Å². The van der Waals surface area contributed by atoms with Crippen LogP contribution in [-0.2, 0) is 19.6 Å². The number of methoxy groups -OCH3 is 1. The summed E-state index contributed by atoms with van der Waals surface area (Å²) in [7, 11) is 1.70. The van der Waals surface area contributed by atoms with Gasteiger partial charge in [0.15, 0.2) is 0 Å². The predicted octanol–water partition coefficient (Wildman–Crippen LogP) is 4.55. The van der Waals surface area contributed by atoms with E-state index in [2.05, 4.69) is 34.5 Å². The van der Waals surface area contributed by atoms with Gasteiger partial charge >= 0.3 is 0 Å². The fourth-order valence-electron chi connectivity index (χ4n) is 2.44. The van der Waals surface area contributed by atoms with E-state index in [0.717, 1.165) is 31.1 Å². The molecule has 114 valence electrons. The second-order valence-electron chi connectivity index (χ2n) is 5.16. The van der Waals surface area contributed by atoms with Crippen molar-refractivity contribution in [3.63, 3.8) is 0 Å². The van der Waals surface area contributed by atoms with Gasteiger partial charge in [0.2, 0.25) is 0 Å². The topological polar surface area (TPSA) is 25.6 Å². The Morgan fingerprint density at radius 2 is 2.00 bits per heavy atom. The number of benzene rings is 1. The Morgan fingerprint density at radius 1 is 1.05 bits per heavy atom. The predicted molar refractivity (Wildman–Crippen MR) is 89.0 cm³/mol. The molecule has 0 aliphatic heterocycles. The van der Waals surface area contributed by atoms with Crippen LogP contribution in [0.5, 0.6) is 5.75 Å². The van der Waals surface area contributed by atoms with Crippen LogP contribution < -0.4 is 4.74 Å². The van der Waals surface area contributed by atoms with Gasteiger partial charge in [0.1, 0.15) is 11.5 Å². The first-order valence-electron chi connectivity index (χ1n) is 7.23. The molecule has 0 atom stereocenters. The van der Waals surface area contributed by atoms with Gasteiger partial charge in [0, 0.05) is 18.0 Å². The average molecular weight is 313 g/mol. The van der Waals surface area contributed by atoms with Crippen molar-refractivity contribution in [3.8, 4) is 5.75 Å². The lowest BCUT2D eigenvalue weighted by Gasteiger charge is -2.21. The molecule has 3 aromatic rings. The molecule has 4 heteroatoms. The fourth-order valence-corrected chi connectivity index (χ4v) is 3.19. The highest BCUT2D eigenvalue weighted by Crippen LogP contribution is 2.19. The van der Waals surface area contributed by atoms with Crippen molar-refractivity contribution in [2.24, 2.45) is 0 Å². The van der Waals surface area contributed by atoms with Crippen molar-refractivity contribution >= 4 is 11.3 Å². The molecule has 0 aliphatic rings. The van der Waals surface area contributed by atoms with Crippen LogP contribution in [0.1, 0.15) is 16.2 Å². The summed E-state index contributed by atoms with van der Waals surface area (Å²) in [4.78, 5) is 3.73. The first-order valence-corrected chi connectivity index (χ1v) is 8.11. The lowest BCUT2D eigenvalue weighted by molar-refractivity contribution is 0.228. The minimum absolute atomic E-state index is 0.794. The van der Waals surface area contributed by atoms with Gasteiger partial charge in [0.25, 0.3) is 0 Å². The third-order valence-corrected chi connectivity index (χ3v) is 4.32. The van der Waals surface area contributed by atoms with Crippen LogP contribution in [0.3, 0.4) is 0 Å². The van der Waals surface area contributed by atoms with Crippen LogP contribution in [0.25, 0.3) is 0 Å². The highest BCUT2D eigenvalue weighted by Gasteiger charge is 2.11. The zero-order chi connectivity index (χ0) is 15.2. The molecule has 2 heterocycles. The number of hydrogen-bond donors (Lipinski definition) is 0. The molecule has 0 saturated heterocycles. The molecular weight excluding hydrogens is 294 g/mol. The SMILES string of the molecule is COc1cccc(CN(Cc2ccco2)Cc2cccs2)c1. The third kappa shape index (κ3) is 4.00. The number of rotatable bonds is 7. The van der Waals surface area contributed by atoms with Crippen molar-refractivity contribution in [2.75, 3.05) is 7.11 Å². The van der Waals surface area contributed by atoms with Gasteiger partial charge in [0.05, 0.1) is 19.9 Å². The molecule has 2 aromatic heterocycles. The molecule has 0 N–H and O–H groups in total. The van der Waals surface area contributed by atoms with Crippen LogP contribution >= 0.6 is 11.3 Å². The molecule has 3 rings (SSSR count). The monoisotopic (exact) mass is 313 g/mol. The molecule has 0 amide bonds. The summed E-state index contributed by atoms with van der Waals surface area (Å²) in [5.41, 5.74) is 1.24. The van der Waals surface area contributed by atoms with Gasteiger partial charge < -0.3 is 9.15 Å². The molecule has 0 unspecified atom stereocenters.